The van der Waals surface area contributed by atoms with Crippen molar-refractivity contribution in [2.75, 3.05) is 5.01 Å². The maximum absolute atomic E-state index is 6.61. The number of anilines is 1. The van der Waals surface area contributed by atoms with Crippen LogP contribution in [0.5, 0.6) is 0 Å². The third-order valence-corrected chi connectivity index (χ3v) is 4.77. The van der Waals surface area contributed by atoms with Gasteiger partial charge in [-0.15, -0.1) is 0 Å². The largest absolute Gasteiger partial charge is 0.301 e. The molecule has 0 aromatic heterocycles. The van der Waals surface area contributed by atoms with Gasteiger partial charge >= 0.3 is 0 Å². The lowest BCUT2D eigenvalue weighted by Gasteiger charge is -2.45. The van der Waals surface area contributed by atoms with Crippen molar-refractivity contribution in [3.05, 3.63) is 65.7 Å². The molecule has 1 aliphatic rings. The summed E-state index contributed by atoms with van der Waals surface area (Å²) in [7, 11) is 0. The molecule has 2 heteroatoms. The molecule has 0 unspecified atom stereocenters. The normalized spacial score (nSPS) is 17.4. The van der Waals surface area contributed by atoms with Crippen molar-refractivity contribution in [3.8, 4) is 0 Å². The SMILES string of the molecule is Cc1ccc(C2(N(N)c3ccccc3)CCCCC2)cc1. The van der Waals surface area contributed by atoms with Crippen LogP contribution in [-0.4, -0.2) is 0 Å². The average Bonchev–Trinajstić information content (AvgIpc) is 2.56. The lowest BCUT2D eigenvalue weighted by atomic mass is 9.75. The summed E-state index contributed by atoms with van der Waals surface area (Å²) in [5.74, 6) is 6.61. The van der Waals surface area contributed by atoms with Crippen LogP contribution in [0.4, 0.5) is 5.69 Å². The fraction of sp³-hybridized carbons (Fsp3) is 0.368. The van der Waals surface area contributed by atoms with Crippen LogP contribution < -0.4 is 10.9 Å². The van der Waals surface area contributed by atoms with Crippen molar-refractivity contribution >= 4 is 5.69 Å². The number of benzene rings is 2. The van der Waals surface area contributed by atoms with Crippen molar-refractivity contribution in [3.63, 3.8) is 0 Å². The van der Waals surface area contributed by atoms with Gasteiger partial charge in [0.2, 0.25) is 0 Å². The van der Waals surface area contributed by atoms with Gasteiger partial charge in [-0.3, -0.25) is 0 Å². The molecule has 2 aromatic rings. The monoisotopic (exact) mass is 280 g/mol. The summed E-state index contributed by atoms with van der Waals surface area (Å²) in [4.78, 5) is 0. The van der Waals surface area contributed by atoms with E-state index in [1.54, 1.807) is 0 Å². The van der Waals surface area contributed by atoms with Crippen LogP contribution in [0.3, 0.4) is 0 Å². The Hall–Kier alpha value is -1.80. The van der Waals surface area contributed by atoms with Gasteiger partial charge in [-0.05, 0) is 37.5 Å². The minimum Gasteiger partial charge on any atom is -0.301 e. The second-order valence-corrected chi connectivity index (χ2v) is 6.16. The van der Waals surface area contributed by atoms with Crippen LogP contribution in [0, 0.1) is 6.92 Å². The molecule has 0 saturated heterocycles. The number of nitrogens with zero attached hydrogens (tertiary/aromatic N) is 1. The van der Waals surface area contributed by atoms with Crippen molar-refractivity contribution in [2.45, 2.75) is 44.6 Å². The van der Waals surface area contributed by atoms with Crippen molar-refractivity contribution in [1.29, 1.82) is 0 Å². The number of aryl methyl sites for hydroxylation is 1. The summed E-state index contributed by atoms with van der Waals surface area (Å²) in [6.45, 7) is 2.13. The minimum absolute atomic E-state index is 0.0622. The second-order valence-electron chi connectivity index (χ2n) is 6.16. The number of hydrogen-bond donors (Lipinski definition) is 1. The highest BCUT2D eigenvalue weighted by Gasteiger charge is 2.38. The topological polar surface area (TPSA) is 29.3 Å². The summed E-state index contributed by atoms with van der Waals surface area (Å²) in [6.07, 6.45) is 6.06. The number of para-hydroxylation sites is 1. The molecule has 0 heterocycles. The molecule has 3 rings (SSSR count). The zero-order valence-electron chi connectivity index (χ0n) is 12.8. The first-order valence-corrected chi connectivity index (χ1v) is 7.89. The summed E-state index contributed by atoms with van der Waals surface area (Å²) in [6, 6.07) is 19.3. The highest BCUT2D eigenvalue weighted by molar-refractivity contribution is 5.50. The average molecular weight is 280 g/mol. The maximum atomic E-state index is 6.61. The fourth-order valence-corrected chi connectivity index (χ4v) is 3.50. The van der Waals surface area contributed by atoms with Gasteiger partial charge < -0.3 is 5.01 Å². The standard InChI is InChI=1S/C19H24N2/c1-16-10-12-17(13-11-16)19(14-6-3-7-15-19)21(20)18-8-4-2-5-9-18/h2,4-5,8-13H,3,6-7,14-15,20H2,1H3. The molecule has 0 bridgehead atoms. The van der Waals surface area contributed by atoms with E-state index < -0.39 is 0 Å². The van der Waals surface area contributed by atoms with E-state index in [0.717, 1.165) is 18.5 Å². The third-order valence-electron chi connectivity index (χ3n) is 4.77. The Morgan fingerprint density at radius 3 is 2.10 bits per heavy atom. The lowest BCUT2D eigenvalue weighted by molar-refractivity contribution is 0.279. The fourth-order valence-electron chi connectivity index (χ4n) is 3.50. The van der Waals surface area contributed by atoms with E-state index in [-0.39, 0.29) is 5.54 Å². The Morgan fingerprint density at radius 2 is 1.48 bits per heavy atom. The summed E-state index contributed by atoms with van der Waals surface area (Å²) < 4.78 is 0. The molecule has 110 valence electrons. The smallest absolute Gasteiger partial charge is 0.0809 e. The highest BCUT2D eigenvalue weighted by Crippen LogP contribution is 2.42. The lowest BCUT2D eigenvalue weighted by Crippen LogP contribution is -2.52. The minimum atomic E-state index is -0.0622. The van der Waals surface area contributed by atoms with Crippen LogP contribution in [-0.2, 0) is 5.54 Å². The Balaban J connectivity index is 2.02. The van der Waals surface area contributed by atoms with Gasteiger partial charge in [0.15, 0.2) is 0 Å². The Labute approximate surface area is 127 Å². The zero-order chi connectivity index (χ0) is 14.7. The molecule has 0 aliphatic heterocycles. The first-order chi connectivity index (χ1) is 10.2. The molecule has 1 fully saturated rings. The van der Waals surface area contributed by atoms with Crippen LogP contribution >= 0.6 is 0 Å². The zero-order valence-corrected chi connectivity index (χ0v) is 12.8. The molecule has 0 amide bonds. The van der Waals surface area contributed by atoms with Crippen LogP contribution in [0.1, 0.15) is 43.2 Å². The Bertz CT molecular complexity index is 568. The third kappa shape index (κ3) is 2.68. The van der Waals surface area contributed by atoms with E-state index in [2.05, 4.69) is 55.5 Å². The number of nitrogens with two attached hydrogens (primary N) is 1. The van der Waals surface area contributed by atoms with Crippen molar-refractivity contribution in [2.24, 2.45) is 5.84 Å². The molecular weight excluding hydrogens is 256 g/mol. The van der Waals surface area contributed by atoms with Gasteiger partial charge in [-0.2, -0.15) is 0 Å². The number of rotatable bonds is 3. The summed E-state index contributed by atoms with van der Waals surface area (Å²) in [5, 5.41) is 2.01. The van der Waals surface area contributed by atoms with Crippen LogP contribution in [0.2, 0.25) is 0 Å². The van der Waals surface area contributed by atoms with Gasteiger partial charge in [-0.1, -0.05) is 67.3 Å². The first kappa shape index (κ1) is 14.2. The van der Waals surface area contributed by atoms with Gasteiger partial charge in [0.25, 0.3) is 0 Å². The molecule has 21 heavy (non-hydrogen) atoms. The molecule has 0 spiro atoms. The van der Waals surface area contributed by atoms with E-state index in [4.69, 9.17) is 5.84 Å². The van der Waals surface area contributed by atoms with Crippen LogP contribution in [0.25, 0.3) is 0 Å². The van der Waals surface area contributed by atoms with Crippen molar-refractivity contribution in [1.82, 2.24) is 0 Å². The second kappa shape index (κ2) is 5.90. The maximum Gasteiger partial charge on any atom is 0.0809 e. The molecular formula is C19H24N2. The van der Waals surface area contributed by atoms with E-state index in [0.29, 0.717) is 0 Å². The summed E-state index contributed by atoms with van der Waals surface area (Å²) in [5.41, 5.74) is 3.68. The van der Waals surface area contributed by atoms with Gasteiger partial charge in [-0.25, -0.2) is 5.84 Å². The van der Waals surface area contributed by atoms with Gasteiger partial charge in [0.1, 0.15) is 0 Å². The molecule has 0 radical (unpaired) electrons. The molecule has 1 aliphatic carbocycles. The highest BCUT2D eigenvalue weighted by atomic mass is 15.4. The van der Waals surface area contributed by atoms with Crippen molar-refractivity contribution < 1.29 is 0 Å². The van der Waals surface area contributed by atoms with E-state index in [9.17, 15) is 0 Å². The Morgan fingerprint density at radius 1 is 0.857 bits per heavy atom. The first-order valence-electron chi connectivity index (χ1n) is 7.89. The van der Waals surface area contributed by atoms with E-state index in [1.165, 1.54) is 30.4 Å². The molecule has 1 saturated carbocycles. The Kier molecular flexibility index (Phi) is 3.98. The quantitative estimate of drug-likeness (QED) is 0.661. The molecule has 0 atom stereocenters. The van der Waals surface area contributed by atoms with E-state index >= 15 is 0 Å². The van der Waals surface area contributed by atoms with Gasteiger partial charge in [0, 0.05) is 0 Å². The van der Waals surface area contributed by atoms with Crippen LogP contribution in [0.15, 0.2) is 54.6 Å². The predicted octanol–water partition coefficient (Wildman–Crippen LogP) is 4.53. The molecule has 2 N–H and O–H groups in total. The predicted molar refractivity (Wildman–Crippen MR) is 89.1 cm³/mol. The van der Waals surface area contributed by atoms with Gasteiger partial charge in [0.05, 0.1) is 11.2 Å². The molecule has 2 nitrogen and oxygen atoms in total. The number of hydrazine groups is 1. The number of hydrogen-bond acceptors (Lipinski definition) is 2. The van der Waals surface area contributed by atoms with E-state index in [1.807, 2.05) is 11.1 Å². The summed E-state index contributed by atoms with van der Waals surface area (Å²) >= 11 is 0. The molecule has 2 aromatic carbocycles.